The molecule has 3 rings (SSSR count). The molecule has 0 bridgehead atoms. The Hall–Kier alpha value is -3.01. The molecule has 4 nitrogen and oxygen atoms in total. The van der Waals surface area contributed by atoms with Crippen LogP contribution in [0.2, 0.25) is 0 Å². The number of fused-ring (bicyclic) bond motifs is 1. The van der Waals surface area contributed by atoms with Gasteiger partial charge in [-0.1, -0.05) is 42.5 Å². The number of para-hydroxylation sites is 1. The van der Waals surface area contributed by atoms with Gasteiger partial charge in [0.05, 0.1) is 7.11 Å². The molecule has 0 saturated heterocycles. The minimum atomic E-state index is -1.17. The quantitative estimate of drug-likeness (QED) is 0.768. The number of carbonyl (C=O) groups is 1. The monoisotopic (exact) mass is 294 g/mol. The van der Waals surface area contributed by atoms with Crippen LogP contribution >= 0.6 is 0 Å². The SMILES string of the molecule is COc1ccccc1-c1cc(C(=O)O)c(O)c2ccccc12. The summed E-state index contributed by atoms with van der Waals surface area (Å²) in [5.74, 6) is -0.740. The Morgan fingerprint density at radius 1 is 0.955 bits per heavy atom. The molecule has 2 N–H and O–H groups in total. The van der Waals surface area contributed by atoms with Gasteiger partial charge in [0.25, 0.3) is 0 Å². The molecule has 110 valence electrons. The van der Waals surface area contributed by atoms with Crippen molar-refractivity contribution in [2.75, 3.05) is 7.11 Å². The zero-order valence-corrected chi connectivity index (χ0v) is 11.9. The first-order valence-corrected chi connectivity index (χ1v) is 6.75. The maximum atomic E-state index is 11.4. The van der Waals surface area contributed by atoms with Crippen LogP contribution in [0.5, 0.6) is 11.5 Å². The average Bonchev–Trinajstić information content (AvgIpc) is 2.55. The van der Waals surface area contributed by atoms with Gasteiger partial charge in [0, 0.05) is 10.9 Å². The summed E-state index contributed by atoms with van der Waals surface area (Å²) in [6.07, 6.45) is 0. The molecular formula is C18H14O4. The highest BCUT2D eigenvalue weighted by molar-refractivity contribution is 6.07. The number of rotatable bonds is 3. The Morgan fingerprint density at radius 3 is 2.27 bits per heavy atom. The van der Waals surface area contributed by atoms with Crippen LogP contribution in [0.1, 0.15) is 10.4 Å². The summed E-state index contributed by atoms with van der Waals surface area (Å²) in [7, 11) is 1.57. The van der Waals surface area contributed by atoms with Gasteiger partial charge < -0.3 is 14.9 Å². The fraction of sp³-hybridized carbons (Fsp3) is 0.0556. The van der Waals surface area contributed by atoms with Gasteiger partial charge >= 0.3 is 5.97 Å². The van der Waals surface area contributed by atoms with Crippen molar-refractivity contribution in [1.29, 1.82) is 0 Å². The second-order valence-corrected chi connectivity index (χ2v) is 4.87. The molecule has 0 aliphatic carbocycles. The lowest BCUT2D eigenvalue weighted by Gasteiger charge is -2.14. The Labute approximate surface area is 127 Å². The normalized spacial score (nSPS) is 10.6. The van der Waals surface area contributed by atoms with E-state index in [1.54, 1.807) is 19.2 Å². The summed E-state index contributed by atoms with van der Waals surface area (Å²) >= 11 is 0. The highest BCUT2D eigenvalue weighted by atomic mass is 16.5. The maximum absolute atomic E-state index is 11.4. The van der Waals surface area contributed by atoms with Crippen LogP contribution < -0.4 is 4.74 Å². The number of hydrogen-bond donors (Lipinski definition) is 2. The molecule has 3 aromatic rings. The summed E-state index contributed by atoms with van der Waals surface area (Å²) < 4.78 is 5.37. The Bertz CT molecular complexity index is 868. The van der Waals surface area contributed by atoms with E-state index in [2.05, 4.69) is 0 Å². The van der Waals surface area contributed by atoms with Crippen LogP contribution in [0.15, 0.2) is 54.6 Å². The Kier molecular flexibility index (Phi) is 3.43. The average molecular weight is 294 g/mol. The summed E-state index contributed by atoms with van der Waals surface area (Å²) in [5, 5.41) is 20.8. The zero-order chi connectivity index (χ0) is 15.7. The van der Waals surface area contributed by atoms with Crippen molar-refractivity contribution in [3.05, 3.63) is 60.2 Å². The van der Waals surface area contributed by atoms with Crippen molar-refractivity contribution in [3.8, 4) is 22.6 Å². The molecule has 0 aromatic heterocycles. The van der Waals surface area contributed by atoms with Gasteiger partial charge in [-0.2, -0.15) is 0 Å². The minimum Gasteiger partial charge on any atom is -0.506 e. The smallest absolute Gasteiger partial charge is 0.339 e. The van der Waals surface area contributed by atoms with Crippen molar-refractivity contribution in [2.45, 2.75) is 0 Å². The Morgan fingerprint density at radius 2 is 1.59 bits per heavy atom. The van der Waals surface area contributed by atoms with E-state index in [9.17, 15) is 15.0 Å². The van der Waals surface area contributed by atoms with Crippen molar-refractivity contribution >= 4 is 16.7 Å². The lowest BCUT2D eigenvalue weighted by Crippen LogP contribution is -1.99. The predicted molar refractivity (Wildman–Crippen MR) is 84.6 cm³/mol. The second kappa shape index (κ2) is 5.41. The van der Waals surface area contributed by atoms with Crippen LogP contribution in [0.3, 0.4) is 0 Å². The van der Waals surface area contributed by atoms with Gasteiger partial charge in [0.2, 0.25) is 0 Å². The summed E-state index contributed by atoms with van der Waals surface area (Å²) in [6, 6.07) is 16.0. The first-order valence-electron chi connectivity index (χ1n) is 6.75. The number of carboxylic acids is 1. The lowest BCUT2D eigenvalue weighted by molar-refractivity contribution is 0.0694. The van der Waals surface area contributed by atoms with Crippen molar-refractivity contribution < 1.29 is 19.7 Å². The van der Waals surface area contributed by atoms with Gasteiger partial charge in [-0.25, -0.2) is 4.79 Å². The second-order valence-electron chi connectivity index (χ2n) is 4.87. The van der Waals surface area contributed by atoms with Crippen LogP contribution in [0, 0.1) is 0 Å². The first-order chi connectivity index (χ1) is 10.6. The highest BCUT2D eigenvalue weighted by Gasteiger charge is 2.18. The molecule has 0 unspecified atom stereocenters. The number of aromatic hydroxyl groups is 1. The maximum Gasteiger partial charge on any atom is 0.339 e. The minimum absolute atomic E-state index is 0.125. The van der Waals surface area contributed by atoms with E-state index in [0.29, 0.717) is 16.7 Å². The standard InChI is InChI=1S/C18H14O4/c1-22-16-9-5-4-7-12(16)14-10-15(18(20)21)17(19)13-8-3-2-6-11(13)14/h2-10,19H,1H3,(H,20,21). The molecule has 3 aromatic carbocycles. The number of carboxylic acid groups (broad SMARTS) is 1. The van der Waals surface area contributed by atoms with Gasteiger partial charge in [0.1, 0.15) is 17.1 Å². The highest BCUT2D eigenvalue weighted by Crippen LogP contribution is 2.40. The molecule has 0 heterocycles. The van der Waals surface area contributed by atoms with E-state index < -0.39 is 5.97 Å². The van der Waals surface area contributed by atoms with Crippen molar-refractivity contribution in [3.63, 3.8) is 0 Å². The lowest BCUT2D eigenvalue weighted by atomic mass is 9.94. The molecule has 0 atom stereocenters. The number of hydrogen-bond acceptors (Lipinski definition) is 3. The fourth-order valence-corrected chi connectivity index (χ4v) is 2.61. The predicted octanol–water partition coefficient (Wildman–Crippen LogP) is 3.92. The molecule has 22 heavy (non-hydrogen) atoms. The Balaban J connectivity index is 2.43. The largest absolute Gasteiger partial charge is 0.506 e. The molecule has 0 spiro atoms. The van der Waals surface area contributed by atoms with Crippen molar-refractivity contribution in [1.82, 2.24) is 0 Å². The van der Waals surface area contributed by atoms with E-state index in [-0.39, 0.29) is 11.3 Å². The first kappa shape index (κ1) is 13.9. The number of phenols is 1. The number of benzene rings is 3. The zero-order valence-electron chi connectivity index (χ0n) is 11.9. The van der Waals surface area contributed by atoms with Crippen LogP contribution in [-0.4, -0.2) is 23.3 Å². The molecule has 0 saturated carbocycles. The van der Waals surface area contributed by atoms with E-state index in [1.165, 1.54) is 6.07 Å². The molecule has 0 fully saturated rings. The molecule has 0 amide bonds. The summed E-state index contributed by atoms with van der Waals surface area (Å²) in [6.45, 7) is 0. The van der Waals surface area contributed by atoms with E-state index in [0.717, 1.165) is 10.9 Å². The fourth-order valence-electron chi connectivity index (χ4n) is 2.61. The van der Waals surface area contributed by atoms with E-state index in [4.69, 9.17) is 4.74 Å². The summed E-state index contributed by atoms with van der Waals surface area (Å²) in [5.41, 5.74) is 1.37. The number of aromatic carboxylic acids is 1. The van der Waals surface area contributed by atoms with Crippen LogP contribution in [-0.2, 0) is 0 Å². The number of methoxy groups -OCH3 is 1. The van der Waals surface area contributed by atoms with Gasteiger partial charge in [-0.3, -0.25) is 0 Å². The third-order valence-electron chi connectivity index (χ3n) is 3.64. The van der Waals surface area contributed by atoms with Crippen LogP contribution in [0.4, 0.5) is 0 Å². The van der Waals surface area contributed by atoms with Gasteiger partial charge in [-0.15, -0.1) is 0 Å². The van der Waals surface area contributed by atoms with Crippen LogP contribution in [0.25, 0.3) is 21.9 Å². The third kappa shape index (κ3) is 2.15. The van der Waals surface area contributed by atoms with E-state index in [1.807, 2.05) is 36.4 Å². The molecule has 0 aliphatic rings. The van der Waals surface area contributed by atoms with E-state index >= 15 is 0 Å². The van der Waals surface area contributed by atoms with Gasteiger partial charge in [-0.05, 0) is 23.1 Å². The number of ether oxygens (including phenoxy) is 1. The third-order valence-corrected chi connectivity index (χ3v) is 3.64. The molecular weight excluding hydrogens is 280 g/mol. The molecule has 0 aliphatic heterocycles. The van der Waals surface area contributed by atoms with Gasteiger partial charge in [0.15, 0.2) is 0 Å². The molecule has 4 heteroatoms. The summed E-state index contributed by atoms with van der Waals surface area (Å²) in [4.78, 5) is 11.4. The topological polar surface area (TPSA) is 66.8 Å². The molecule has 0 radical (unpaired) electrons. The van der Waals surface area contributed by atoms with Crippen molar-refractivity contribution in [2.24, 2.45) is 0 Å².